The van der Waals surface area contributed by atoms with Crippen LogP contribution in [-0.4, -0.2) is 11.9 Å². The molecule has 1 atom stereocenters. The highest BCUT2D eigenvalue weighted by atomic mass is 79.9. The Morgan fingerprint density at radius 3 is 2.33 bits per heavy atom. The van der Waals surface area contributed by atoms with E-state index in [1.807, 2.05) is 18.2 Å². The highest BCUT2D eigenvalue weighted by molar-refractivity contribution is 9.11. The molecule has 1 unspecified atom stereocenters. The van der Waals surface area contributed by atoms with Crippen LogP contribution in [0.4, 0.5) is 0 Å². The Morgan fingerprint density at radius 1 is 1.27 bits per heavy atom. The van der Waals surface area contributed by atoms with Crippen molar-refractivity contribution in [3.8, 4) is 5.75 Å². The van der Waals surface area contributed by atoms with Crippen LogP contribution in [0.15, 0.2) is 27.1 Å². The third-order valence-corrected chi connectivity index (χ3v) is 4.34. The largest absolute Gasteiger partial charge is 0.491 e. The van der Waals surface area contributed by atoms with Gasteiger partial charge in [0.1, 0.15) is 5.75 Å². The van der Waals surface area contributed by atoms with Crippen LogP contribution >= 0.6 is 47.8 Å². The van der Waals surface area contributed by atoms with Gasteiger partial charge < -0.3 is 4.74 Å². The van der Waals surface area contributed by atoms with Crippen LogP contribution < -0.4 is 4.74 Å². The molecule has 1 aromatic carbocycles. The average Bonchev–Trinajstić information content (AvgIpc) is 2.23. The first-order valence-electron chi connectivity index (χ1n) is 4.81. The molecule has 0 saturated carbocycles. The summed E-state index contributed by atoms with van der Waals surface area (Å²) in [5.41, 5.74) is 0. The van der Waals surface area contributed by atoms with Gasteiger partial charge >= 0.3 is 0 Å². The van der Waals surface area contributed by atoms with Gasteiger partial charge in [0.2, 0.25) is 0 Å². The van der Waals surface area contributed by atoms with Gasteiger partial charge in [0.15, 0.2) is 0 Å². The molecule has 84 valence electrons. The molecule has 0 amide bonds. The Morgan fingerprint density at radius 2 is 1.87 bits per heavy atom. The molecule has 0 radical (unpaired) electrons. The summed E-state index contributed by atoms with van der Waals surface area (Å²) in [6, 6.07) is 5.94. The van der Waals surface area contributed by atoms with Crippen molar-refractivity contribution in [1.29, 1.82) is 0 Å². The number of benzene rings is 1. The predicted molar refractivity (Wildman–Crippen MR) is 74.9 cm³/mol. The zero-order chi connectivity index (χ0) is 11.3. The first kappa shape index (κ1) is 13.5. The number of hydrogen-bond donors (Lipinski definition) is 0. The average molecular weight is 401 g/mol. The van der Waals surface area contributed by atoms with Crippen molar-refractivity contribution < 1.29 is 4.74 Å². The summed E-state index contributed by atoms with van der Waals surface area (Å²) in [4.78, 5) is 0. The molecule has 1 aromatic rings. The molecule has 1 rings (SSSR count). The van der Waals surface area contributed by atoms with Gasteiger partial charge in [-0.3, -0.25) is 0 Å². The summed E-state index contributed by atoms with van der Waals surface area (Å²) in [6.07, 6.45) is 1.12. The van der Waals surface area contributed by atoms with Gasteiger partial charge in [-0.15, -0.1) is 0 Å². The monoisotopic (exact) mass is 398 g/mol. The topological polar surface area (TPSA) is 9.23 Å². The molecule has 0 heterocycles. The first-order chi connectivity index (χ1) is 7.19. The Labute approximate surface area is 116 Å². The number of rotatable bonds is 5. The van der Waals surface area contributed by atoms with Crippen molar-refractivity contribution in [2.75, 3.05) is 11.9 Å². The van der Waals surface area contributed by atoms with E-state index in [2.05, 4.69) is 54.7 Å². The molecule has 0 aliphatic carbocycles. The molecule has 0 saturated heterocycles. The van der Waals surface area contributed by atoms with Crippen molar-refractivity contribution >= 4 is 47.8 Å². The van der Waals surface area contributed by atoms with Crippen molar-refractivity contribution in [3.05, 3.63) is 27.1 Å². The maximum absolute atomic E-state index is 5.79. The molecule has 0 fully saturated rings. The fourth-order valence-corrected chi connectivity index (χ4v) is 2.97. The fraction of sp³-hybridized carbons (Fsp3) is 0.455. The Kier molecular flexibility index (Phi) is 6.24. The number of halogens is 3. The number of para-hydroxylation sites is 1. The third-order valence-electron chi connectivity index (χ3n) is 2.18. The Bertz CT molecular complexity index is 290. The molecule has 0 spiro atoms. The molecular weight excluding hydrogens is 388 g/mol. The van der Waals surface area contributed by atoms with E-state index in [4.69, 9.17) is 4.74 Å². The van der Waals surface area contributed by atoms with Crippen LogP contribution in [0.1, 0.15) is 13.3 Å². The highest BCUT2D eigenvalue weighted by Gasteiger charge is 2.09. The molecule has 0 aromatic heterocycles. The van der Waals surface area contributed by atoms with Crippen LogP contribution in [0.25, 0.3) is 0 Å². The van der Waals surface area contributed by atoms with Gasteiger partial charge in [-0.25, -0.2) is 0 Å². The second-order valence-corrected chi connectivity index (χ2v) is 5.65. The van der Waals surface area contributed by atoms with E-state index in [1.165, 1.54) is 0 Å². The molecule has 0 N–H and O–H groups in total. The smallest absolute Gasteiger partial charge is 0.147 e. The fourth-order valence-electron chi connectivity index (χ4n) is 1.09. The standard InChI is InChI=1S/C11H13Br3O/c1-2-8(6-12)7-15-11-9(13)4-3-5-10(11)14/h3-5,8H,2,6-7H2,1H3. The summed E-state index contributed by atoms with van der Waals surface area (Å²) in [5.74, 6) is 1.45. The van der Waals surface area contributed by atoms with E-state index in [9.17, 15) is 0 Å². The minimum atomic E-state index is 0.559. The lowest BCUT2D eigenvalue weighted by molar-refractivity contribution is 0.257. The predicted octanol–water partition coefficient (Wildman–Crippen LogP) is 5.01. The summed E-state index contributed by atoms with van der Waals surface area (Å²) in [5, 5.41) is 0.978. The van der Waals surface area contributed by atoms with E-state index in [0.29, 0.717) is 5.92 Å². The Hall–Kier alpha value is 0.460. The summed E-state index contributed by atoms with van der Waals surface area (Å²) >= 11 is 10.4. The summed E-state index contributed by atoms with van der Waals surface area (Å²) < 4.78 is 7.76. The lowest BCUT2D eigenvalue weighted by Crippen LogP contribution is -2.12. The van der Waals surface area contributed by atoms with Crippen molar-refractivity contribution in [1.82, 2.24) is 0 Å². The summed E-state index contributed by atoms with van der Waals surface area (Å²) in [6.45, 7) is 2.91. The number of hydrogen-bond acceptors (Lipinski definition) is 1. The lowest BCUT2D eigenvalue weighted by Gasteiger charge is -2.15. The second-order valence-electron chi connectivity index (χ2n) is 3.29. The molecular formula is C11H13Br3O. The highest BCUT2D eigenvalue weighted by Crippen LogP contribution is 2.33. The molecule has 1 nitrogen and oxygen atoms in total. The Balaban J connectivity index is 2.64. The number of alkyl halides is 1. The first-order valence-corrected chi connectivity index (χ1v) is 7.52. The van der Waals surface area contributed by atoms with Gasteiger partial charge in [-0.05, 0) is 50.4 Å². The van der Waals surface area contributed by atoms with Gasteiger partial charge in [0.25, 0.3) is 0 Å². The quantitative estimate of drug-likeness (QED) is 0.631. The maximum atomic E-state index is 5.79. The molecule has 15 heavy (non-hydrogen) atoms. The second kappa shape index (κ2) is 6.92. The van der Waals surface area contributed by atoms with E-state index in [0.717, 1.165) is 33.1 Å². The lowest BCUT2D eigenvalue weighted by atomic mass is 10.1. The van der Waals surface area contributed by atoms with Crippen LogP contribution in [0.2, 0.25) is 0 Å². The van der Waals surface area contributed by atoms with E-state index in [1.54, 1.807) is 0 Å². The maximum Gasteiger partial charge on any atom is 0.147 e. The van der Waals surface area contributed by atoms with Crippen molar-refractivity contribution in [2.45, 2.75) is 13.3 Å². The van der Waals surface area contributed by atoms with Gasteiger partial charge in [-0.1, -0.05) is 28.9 Å². The van der Waals surface area contributed by atoms with Gasteiger partial charge in [0, 0.05) is 11.2 Å². The third kappa shape index (κ3) is 4.08. The zero-order valence-corrected chi connectivity index (χ0v) is 13.2. The number of ether oxygens (including phenoxy) is 1. The summed E-state index contributed by atoms with van der Waals surface area (Å²) in [7, 11) is 0. The SMILES string of the molecule is CCC(CBr)COc1c(Br)cccc1Br. The minimum Gasteiger partial charge on any atom is -0.491 e. The molecule has 0 aliphatic rings. The molecule has 0 bridgehead atoms. The van der Waals surface area contributed by atoms with Gasteiger partial charge in [0.05, 0.1) is 15.6 Å². The van der Waals surface area contributed by atoms with Crippen LogP contribution in [0.3, 0.4) is 0 Å². The zero-order valence-electron chi connectivity index (χ0n) is 8.47. The van der Waals surface area contributed by atoms with Gasteiger partial charge in [-0.2, -0.15) is 0 Å². The van der Waals surface area contributed by atoms with Crippen LogP contribution in [0, 0.1) is 5.92 Å². The normalized spacial score (nSPS) is 12.5. The van der Waals surface area contributed by atoms with E-state index >= 15 is 0 Å². The van der Waals surface area contributed by atoms with Crippen molar-refractivity contribution in [2.24, 2.45) is 5.92 Å². The van der Waals surface area contributed by atoms with E-state index < -0.39 is 0 Å². The molecule has 4 heteroatoms. The van der Waals surface area contributed by atoms with Crippen LogP contribution in [-0.2, 0) is 0 Å². The van der Waals surface area contributed by atoms with Crippen LogP contribution in [0.5, 0.6) is 5.75 Å². The van der Waals surface area contributed by atoms with E-state index in [-0.39, 0.29) is 0 Å². The molecule has 0 aliphatic heterocycles. The van der Waals surface area contributed by atoms with Crippen molar-refractivity contribution in [3.63, 3.8) is 0 Å². The minimum absolute atomic E-state index is 0.559.